The van der Waals surface area contributed by atoms with Gasteiger partial charge in [0.1, 0.15) is 5.82 Å². The van der Waals surface area contributed by atoms with E-state index in [4.69, 9.17) is 10.5 Å². The summed E-state index contributed by atoms with van der Waals surface area (Å²) in [7, 11) is 0. The Morgan fingerprint density at radius 3 is 2.61 bits per heavy atom. The van der Waals surface area contributed by atoms with E-state index in [-0.39, 0.29) is 24.6 Å². The molecule has 2 atom stereocenters. The molecule has 0 spiro atoms. The highest BCUT2D eigenvalue weighted by atomic mass is 19.1. The van der Waals surface area contributed by atoms with E-state index in [9.17, 15) is 4.39 Å². The summed E-state index contributed by atoms with van der Waals surface area (Å²) in [6.07, 6.45) is 0.506. The molecule has 0 radical (unpaired) electrons. The molecule has 0 bridgehead atoms. The molecule has 1 aliphatic heterocycles. The second-order valence-corrected chi connectivity index (χ2v) is 5.08. The van der Waals surface area contributed by atoms with Gasteiger partial charge in [0.2, 0.25) is 0 Å². The van der Waals surface area contributed by atoms with Gasteiger partial charge in [-0.05, 0) is 25.5 Å². The highest BCUT2D eigenvalue weighted by Gasteiger charge is 2.22. The molecule has 0 saturated carbocycles. The van der Waals surface area contributed by atoms with Crippen LogP contribution in [-0.2, 0) is 17.8 Å². The number of rotatable bonds is 3. The van der Waals surface area contributed by atoms with Gasteiger partial charge in [0.05, 0.1) is 12.2 Å². The van der Waals surface area contributed by atoms with Crippen LogP contribution in [0.3, 0.4) is 0 Å². The molecule has 0 aliphatic carbocycles. The fourth-order valence-corrected chi connectivity index (χ4v) is 2.55. The first-order valence-electron chi connectivity index (χ1n) is 6.43. The zero-order valence-electron chi connectivity index (χ0n) is 11.0. The highest BCUT2D eigenvalue weighted by Crippen LogP contribution is 2.16. The number of morpholine rings is 1. The number of nitrogens with zero attached hydrogens (tertiary/aromatic N) is 1. The zero-order chi connectivity index (χ0) is 13.1. The monoisotopic (exact) mass is 252 g/mol. The van der Waals surface area contributed by atoms with Crippen molar-refractivity contribution in [2.75, 3.05) is 13.1 Å². The van der Waals surface area contributed by atoms with Crippen molar-refractivity contribution < 1.29 is 9.13 Å². The van der Waals surface area contributed by atoms with Crippen molar-refractivity contribution >= 4 is 0 Å². The summed E-state index contributed by atoms with van der Waals surface area (Å²) in [5.74, 6) is -0.218. The van der Waals surface area contributed by atoms with Crippen molar-refractivity contribution in [1.82, 2.24) is 4.90 Å². The van der Waals surface area contributed by atoms with Crippen molar-refractivity contribution in [2.45, 2.75) is 39.1 Å². The van der Waals surface area contributed by atoms with Crippen LogP contribution in [0.25, 0.3) is 0 Å². The fourth-order valence-electron chi connectivity index (χ4n) is 2.55. The van der Waals surface area contributed by atoms with Crippen molar-refractivity contribution in [1.29, 1.82) is 0 Å². The third-order valence-electron chi connectivity index (χ3n) is 3.23. The van der Waals surface area contributed by atoms with Gasteiger partial charge in [-0.25, -0.2) is 4.39 Å². The van der Waals surface area contributed by atoms with Gasteiger partial charge in [0, 0.05) is 31.7 Å². The van der Waals surface area contributed by atoms with Crippen molar-refractivity contribution in [3.05, 3.63) is 35.1 Å². The lowest BCUT2D eigenvalue weighted by Crippen LogP contribution is -2.44. The van der Waals surface area contributed by atoms with E-state index in [1.807, 2.05) is 12.1 Å². The Morgan fingerprint density at radius 2 is 2.00 bits per heavy atom. The van der Waals surface area contributed by atoms with E-state index >= 15 is 0 Å². The van der Waals surface area contributed by atoms with Crippen molar-refractivity contribution in [3.8, 4) is 0 Å². The molecule has 4 heteroatoms. The first-order valence-corrected chi connectivity index (χ1v) is 6.43. The van der Waals surface area contributed by atoms with Crippen LogP contribution in [-0.4, -0.2) is 30.2 Å². The Kier molecular flexibility index (Phi) is 4.32. The Labute approximate surface area is 108 Å². The van der Waals surface area contributed by atoms with E-state index in [0.29, 0.717) is 5.56 Å². The van der Waals surface area contributed by atoms with E-state index in [2.05, 4.69) is 18.7 Å². The molecule has 1 aromatic carbocycles. The molecule has 0 aromatic heterocycles. The van der Waals surface area contributed by atoms with Crippen molar-refractivity contribution in [2.24, 2.45) is 5.73 Å². The predicted octanol–water partition coefficient (Wildman–Crippen LogP) is 1.89. The third kappa shape index (κ3) is 3.28. The minimum absolute atomic E-state index is 0.218. The maximum atomic E-state index is 13.4. The maximum absolute atomic E-state index is 13.4. The summed E-state index contributed by atoms with van der Waals surface area (Å²) in [4.78, 5) is 2.34. The molecule has 1 heterocycles. The average molecular weight is 252 g/mol. The van der Waals surface area contributed by atoms with Gasteiger partial charge >= 0.3 is 0 Å². The van der Waals surface area contributed by atoms with Crippen molar-refractivity contribution in [3.63, 3.8) is 0 Å². The molecule has 1 saturated heterocycles. The number of halogens is 1. The lowest BCUT2D eigenvalue weighted by Gasteiger charge is -2.35. The molecular weight excluding hydrogens is 231 g/mol. The number of nitrogens with two attached hydrogens (primary N) is 1. The molecule has 1 aromatic rings. The molecule has 3 nitrogen and oxygen atoms in total. The van der Waals surface area contributed by atoms with Crippen LogP contribution in [0.15, 0.2) is 18.2 Å². The van der Waals surface area contributed by atoms with Crippen LogP contribution in [0.5, 0.6) is 0 Å². The van der Waals surface area contributed by atoms with Gasteiger partial charge in [-0.2, -0.15) is 0 Å². The topological polar surface area (TPSA) is 38.5 Å². The van der Waals surface area contributed by atoms with Gasteiger partial charge in [0.15, 0.2) is 0 Å². The third-order valence-corrected chi connectivity index (χ3v) is 3.23. The predicted molar refractivity (Wildman–Crippen MR) is 69.6 cm³/mol. The Hall–Kier alpha value is -0.970. The highest BCUT2D eigenvalue weighted by molar-refractivity contribution is 5.25. The molecule has 100 valence electrons. The second-order valence-electron chi connectivity index (χ2n) is 5.08. The van der Waals surface area contributed by atoms with E-state index < -0.39 is 0 Å². The van der Waals surface area contributed by atoms with E-state index in [0.717, 1.165) is 25.2 Å². The summed E-state index contributed by atoms with van der Waals surface area (Å²) >= 11 is 0. The molecule has 2 unspecified atom stereocenters. The molecule has 18 heavy (non-hydrogen) atoms. The number of benzene rings is 1. The molecule has 1 fully saturated rings. The van der Waals surface area contributed by atoms with Crippen LogP contribution < -0.4 is 5.73 Å². The fraction of sp³-hybridized carbons (Fsp3) is 0.571. The first kappa shape index (κ1) is 13.5. The van der Waals surface area contributed by atoms with Crippen LogP contribution in [0.2, 0.25) is 0 Å². The van der Waals surface area contributed by atoms with Gasteiger partial charge in [-0.1, -0.05) is 12.1 Å². The van der Waals surface area contributed by atoms with Gasteiger partial charge in [0.25, 0.3) is 0 Å². The largest absolute Gasteiger partial charge is 0.373 e. The van der Waals surface area contributed by atoms with Crippen LogP contribution >= 0.6 is 0 Å². The Balaban J connectivity index is 2.04. The SMILES string of the molecule is CC1CN(Cc2ccc(F)c(CN)c2)CC(C)O1. The van der Waals surface area contributed by atoms with Crippen LogP contribution in [0.1, 0.15) is 25.0 Å². The Bertz CT molecular complexity index is 401. The normalized spacial score (nSPS) is 25.3. The van der Waals surface area contributed by atoms with Crippen LogP contribution in [0, 0.1) is 5.82 Å². The summed E-state index contributed by atoms with van der Waals surface area (Å²) in [5.41, 5.74) is 7.22. The lowest BCUT2D eigenvalue weighted by molar-refractivity contribution is -0.0704. The minimum Gasteiger partial charge on any atom is -0.373 e. The van der Waals surface area contributed by atoms with Crippen LogP contribution in [0.4, 0.5) is 4.39 Å². The molecule has 2 N–H and O–H groups in total. The smallest absolute Gasteiger partial charge is 0.127 e. The number of ether oxygens (including phenoxy) is 1. The number of hydrogen-bond acceptors (Lipinski definition) is 3. The maximum Gasteiger partial charge on any atom is 0.127 e. The lowest BCUT2D eigenvalue weighted by atomic mass is 10.1. The van der Waals surface area contributed by atoms with Gasteiger partial charge in [-0.15, -0.1) is 0 Å². The van der Waals surface area contributed by atoms with Gasteiger partial charge in [-0.3, -0.25) is 4.90 Å². The summed E-state index contributed by atoms with van der Waals surface area (Å²) < 4.78 is 19.1. The summed E-state index contributed by atoms with van der Waals surface area (Å²) in [5, 5.41) is 0. The minimum atomic E-state index is -0.218. The zero-order valence-corrected chi connectivity index (χ0v) is 11.0. The average Bonchev–Trinajstić information content (AvgIpc) is 2.30. The molecule has 2 rings (SSSR count). The quantitative estimate of drug-likeness (QED) is 0.893. The molecule has 0 amide bonds. The number of hydrogen-bond donors (Lipinski definition) is 1. The summed E-state index contributed by atoms with van der Waals surface area (Å²) in [6.45, 7) is 7.07. The van der Waals surface area contributed by atoms with E-state index in [1.165, 1.54) is 6.07 Å². The first-order chi connectivity index (χ1) is 8.58. The standard InChI is InChI=1S/C14H21FN2O/c1-10-7-17(8-11(2)18-10)9-12-3-4-14(15)13(5-12)6-16/h3-5,10-11H,6-9,16H2,1-2H3. The van der Waals surface area contributed by atoms with Gasteiger partial charge < -0.3 is 10.5 Å². The second kappa shape index (κ2) is 5.78. The Morgan fingerprint density at radius 1 is 1.33 bits per heavy atom. The van der Waals surface area contributed by atoms with E-state index in [1.54, 1.807) is 0 Å². The molecular formula is C14H21FN2O. The summed E-state index contributed by atoms with van der Waals surface area (Å²) in [6, 6.07) is 5.20. The molecule has 1 aliphatic rings.